The molecular weight excluding hydrogens is 1680 g/mol. The molecule has 0 aliphatic carbocycles. The largest absolute Gasteiger partial charge is 0.481 e. The zero-order valence-corrected chi connectivity index (χ0v) is 70.9. The molecule has 0 aromatic carbocycles. The minimum absolute atomic E-state index is 0.0913. The molecule has 0 saturated carbocycles. The zero-order chi connectivity index (χ0) is 91.6. The van der Waals surface area contributed by atoms with Crippen molar-refractivity contribution in [3.05, 3.63) is 120 Å². The third kappa shape index (κ3) is 31.8. The number of aliphatic hydroxyl groups is 4. The van der Waals surface area contributed by atoms with E-state index in [0.717, 1.165) is 28.4 Å². The maximum atomic E-state index is 12.5. The summed E-state index contributed by atoms with van der Waals surface area (Å²) in [6, 6.07) is 11.6. The van der Waals surface area contributed by atoms with Gasteiger partial charge >= 0.3 is 24.1 Å². The molecule has 0 saturated heterocycles. The summed E-state index contributed by atoms with van der Waals surface area (Å²) in [7, 11) is 8.61. The van der Waals surface area contributed by atoms with Crippen LogP contribution >= 0.6 is 0 Å². The number of anilines is 4. The van der Waals surface area contributed by atoms with Crippen LogP contribution in [-0.4, -0.2) is 323 Å². The molecule has 0 atom stereocenters. The standard InChI is InChI=1S/4C15H18N6O6S.4CH4O/c4*1-21(2)13(22)9-6-5-7-16-12(9)28(24,25)20-15(23)19-14-17-10(26-3)8-11(18-14)27-4;4*1-2/h4*5-8H,1-4H3,(H2,17,18,19,20,23);4*2H,1H3. The second-order valence-electron chi connectivity index (χ2n) is 21.6. The lowest BCUT2D eigenvalue weighted by Gasteiger charge is -2.14. The quantitative estimate of drug-likeness (QED) is 0.0339. The van der Waals surface area contributed by atoms with Gasteiger partial charge in [-0.05, 0) is 48.5 Å². The highest BCUT2D eigenvalue weighted by Gasteiger charge is 2.32. The number of amides is 12. The highest BCUT2D eigenvalue weighted by atomic mass is 32.2. The van der Waals surface area contributed by atoms with Gasteiger partial charge in [0, 0.05) is 110 Å². The average molecular weight is 1770 g/mol. The van der Waals surface area contributed by atoms with Crippen molar-refractivity contribution in [2.75, 3.05) is 163 Å². The molecule has 0 radical (unpaired) electrons. The number of sulfonamides is 4. The van der Waals surface area contributed by atoms with Crippen LogP contribution in [0.25, 0.3) is 0 Å². The molecule has 0 aliphatic heterocycles. The third-order valence-corrected chi connectivity index (χ3v) is 18.0. The van der Waals surface area contributed by atoms with E-state index in [-0.39, 0.29) is 93.1 Å². The Hall–Kier alpha value is -14.1. The van der Waals surface area contributed by atoms with Crippen molar-refractivity contribution >= 4 is 112 Å². The Balaban J connectivity index is 0.000000777. The topological polar surface area (TPSA) is 692 Å². The molecule has 120 heavy (non-hydrogen) atoms. The maximum absolute atomic E-state index is 12.5. The van der Waals surface area contributed by atoms with Gasteiger partial charge in [-0.1, -0.05) is 0 Å². The van der Waals surface area contributed by atoms with Crippen molar-refractivity contribution in [2.24, 2.45) is 0 Å². The Morgan fingerprint density at radius 3 is 0.542 bits per heavy atom. The molecule has 0 unspecified atom stereocenters. The number of pyridine rings is 4. The van der Waals surface area contributed by atoms with Crippen molar-refractivity contribution < 1.29 is 130 Å². The Kier molecular flexibility index (Phi) is 43.7. The number of hydrogen-bond donors (Lipinski definition) is 12. The molecule has 8 heterocycles. The molecule has 52 nitrogen and oxygen atoms in total. The summed E-state index contributed by atoms with van der Waals surface area (Å²) in [5, 5.41) is 34.3. The van der Waals surface area contributed by atoms with Gasteiger partial charge in [0.25, 0.3) is 63.7 Å². The number of rotatable bonds is 24. The lowest BCUT2D eigenvalue weighted by molar-refractivity contribution is 0.0816. The average Bonchev–Trinajstić information content (AvgIpc) is 0.807. The van der Waals surface area contributed by atoms with Crippen LogP contribution in [0.5, 0.6) is 47.0 Å². The molecule has 0 bridgehead atoms. The first-order valence-electron chi connectivity index (χ1n) is 32.4. The van der Waals surface area contributed by atoms with Crippen LogP contribution in [0.15, 0.2) is 118 Å². The predicted molar refractivity (Wildman–Crippen MR) is 419 cm³/mol. The van der Waals surface area contributed by atoms with Gasteiger partial charge in [0.15, 0.2) is 20.1 Å². The number of nitrogens with zero attached hydrogens (tertiary/aromatic N) is 16. The maximum Gasteiger partial charge on any atom is 0.335 e. The number of hydrogen-bond acceptors (Lipinski definition) is 40. The first-order chi connectivity index (χ1) is 56.7. The monoisotopic (exact) mass is 1770 g/mol. The van der Waals surface area contributed by atoms with Gasteiger partial charge in [-0.3, -0.25) is 40.4 Å². The molecule has 0 spiro atoms. The van der Waals surface area contributed by atoms with Crippen molar-refractivity contribution in [1.29, 1.82) is 0 Å². The van der Waals surface area contributed by atoms with Crippen molar-refractivity contribution in [3.8, 4) is 47.0 Å². The summed E-state index contributed by atoms with van der Waals surface area (Å²) in [4.78, 5) is 148. The minimum Gasteiger partial charge on any atom is -0.481 e. The van der Waals surface area contributed by atoms with Gasteiger partial charge in [-0.2, -0.15) is 73.5 Å². The number of methoxy groups -OCH3 is 8. The number of aromatic nitrogens is 12. The van der Waals surface area contributed by atoms with E-state index in [2.05, 4.69) is 81.1 Å². The van der Waals surface area contributed by atoms with Gasteiger partial charge in [0.2, 0.25) is 70.8 Å². The van der Waals surface area contributed by atoms with Crippen molar-refractivity contribution in [2.45, 2.75) is 20.1 Å². The Morgan fingerprint density at radius 1 is 0.275 bits per heavy atom. The summed E-state index contributed by atoms with van der Waals surface area (Å²) < 4.78 is 147. The number of nitrogens with one attached hydrogen (secondary N) is 8. The first-order valence-corrected chi connectivity index (χ1v) is 38.3. The fourth-order valence-corrected chi connectivity index (χ4v) is 12.0. The number of ether oxygens (including phenoxy) is 8. The van der Waals surface area contributed by atoms with Crippen LogP contribution in [0.2, 0.25) is 0 Å². The number of carbonyl (C=O) groups excluding carboxylic acids is 8. The molecule has 8 rings (SSSR count). The molecular formula is C64H88N24O28S4. The van der Waals surface area contributed by atoms with Gasteiger partial charge < -0.3 is 77.9 Å². The molecule has 56 heteroatoms. The Bertz CT molecular complexity index is 4540. The Morgan fingerprint density at radius 2 is 0.417 bits per heavy atom. The highest BCUT2D eigenvalue weighted by Crippen LogP contribution is 2.24. The molecule has 8 aromatic heterocycles. The number of carbonyl (C=O) groups is 8. The smallest absolute Gasteiger partial charge is 0.335 e. The molecule has 8 aromatic rings. The Labute approximate surface area is 687 Å². The van der Waals surface area contributed by atoms with E-state index >= 15 is 0 Å². The highest BCUT2D eigenvalue weighted by molar-refractivity contribution is 7.91. The van der Waals surface area contributed by atoms with Crippen molar-refractivity contribution in [1.82, 2.24) is 98.3 Å². The van der Waals surface area contributed by atoms with Gasteiger partial charge in [0.05, 0.1) is 103 Å². The second kappa shape index (κ2) is 50.4. The normalized spacial score (nSPS) is 10.2. The van der Waals surface area contributed by atoms with Gasteiger partial charge in [-0.15, -0.1) is 0 Å². The SMILES string of the molecule is CO.CO.CO.CO.COc1cc(OC)nc(NC(=O)NS(=O)(=O)c2ncccc2C(=O)N(C)C)n1.COc1cc(OC)nc(NC(=O)NS(=O)(=O)c2ncccc2C(=O)N(C)C)n1.COc1cc(OC)nc(NC(=O)NS(=O)(=O)c2ncccc2C(=O)N(C)C)n1.COc1cc(OC)nc(NC(=O)NS(=O)(=O)c2ncccc2C(=O)N(C)C)n1. The first kappa shape index (κ1) is 104. The lowest BCUT2D eigenvalue weighted by Crippen LogP contribution is -2.36. The van der Waals surface area contributed by atoms with Crippen LogP contribution in [0.1, 0.15) is 41.4 Å². The predicted octanol–water partition coefficient (Wildman–Crippen LogP) is -1.16. The molecule has 0 aliphatic rings. The van der Waals surface area contributed by atoms with E-state index < -0.39 is 108 Å². The molecule has 656 valence electrons. The van der Waals surface area contributed by atoms with Crippen LogP contribution in [0.3, 0.4) is 0 Å². The fourth-order valence-electron chi connectivity index (χ4n) is 7.90. The van der Waals surface area contributed by atoms with Gasteiger partial charge in [0.1, 0.15) is 0 Å². The van der Waals surface area contributed by atoms with E-state index in [1.807, 2.05) is 0 Å². The van der Waals surface area contributed by atoms with E-state index in [0.29, 0.717) is 0 Å². The second-order valence-corrected chi connectivity index (χ2v) is 28.0. The summed E-state index contributed by atoms with van der Waals surface area (Å²) in [5.41, 5.74) is -0.751. The van der Waals surface area contributed by atoms with Crippen LogP contribution in [0.4, 0.5) is 43.0 Å². The zero-order valence-electron chi connectivity index (χ0n) is 67.6. The molecule has 12 amide bonds. The third-order valence-electron chi connectivity index (χ3n) is 12.8. The molecule has 12 N–H and O–H groups in total. The van der Waals surface area contributed by atoms with E-state index in [9.17, 15) is 72.0 Å². The minimum atomic E-state index is -4.46. The van der Waals surface area contributed by atoms with Crippen LogP contribution < -0.4 is 78.1 Å². The van der Waals surface area contributed by atoms with Crippen LogP contribution in [0, 0.1) is 0 Å². The molecule has 0 fully saturated rings. The van der Waals surface area contributed by atoms with E-state index in [4.69, 9.17) is 58.3 Å². The van der Waals surface area contributed by atoms with Crippen LogP contribution in [-0.2, 0) is 40.1 Å². The number of urea groups is 4. The van der Waals surface area contributed by atoms with E-state index in [1.54, 1.807) is 18.9 Å². The summed E-state index contributed by atoms with van der Waals surface area (Å²) >= 11 is 0. The lowest BCUT2D eigenvalue weighted by atomic mass is 10.2. The fraction of sp³-hybridized carbons (Fsp3) is 0.312. The number of aliphatic hydroxyl groups excluding tert-OH is 4. The summed E-state index contributed by atoms with van der Waals surface area (Å²) in [6.07, 6.45) is 4.76. The van der Waals surface area contributed by atoms with Gasteiger partial charge in [-0.25, -0.2) is 58.0 Å². The summed E-state index contributed by atoms with van der Waals surface area (Å²) in [5.74, 6) is -2.64. The summed E-state index contributed by atoms with van der Waals surface area (Å²) in [6.45, 7) is 0. The van der Waals surface area contributed by atoms with Crippen molar-refractivity contribution in [3.63, 3.8) is 0 Å². The van der Waals surface area contributed by atoms with E-state index in [1.165, 1.54) is 230 Å².